The summed E-state index contributed by atoms with van der Waals surface area (Å²) >= 11 is 0. The molecule has 1 aliphatic rings. The van der Waals surface area contributed by atoms with Crippen molar-refractivity contribution in [1.29, 1.82) is 0 Å². The molecular formula is C12H24N2O2. The summed E-state index contributed by atoms with van der Waals surface area (Å²) in [5.41, 5.74) is 5.39. The molecule has 4 heteroatoms. The fraction of sp³-hybridized carbons (Fsp3) is 0.917. The zero-order chi connectivity index (χ0) is 12.0. The maximum Gasteiger partial charge on any atom is 0.222 e. The summed E-state index contributed by atoms with van der Waals surface area (Å²) in [7, 11) is 1.86. The minimum atomic E-state index is -0.127. The average molecular weight is 228 g/mol. The SMILES string of the molecule is CN(CC1CC(O)C1)C(=O)CCCCCN. The van der Waals surface area contributed by atoms with Gasteiger partial charge in [0.15, 0.2) is 0 Å². The van der Waals surface area contributed by atoms with Gasteiger partial charge in [0.2, 0.25) is 5.91 Å². The molecule has 4 nitrogen and oxygen atoms in total. The van der Waals surface area contributed by atoms with Crippen LogP contribution in [0, 0.1) is 5.92 Å². The third-order valence-electron chi connectivity index (χ3n) is 3.26. The van der Waals surface area contributed by atoms with Gasteiger partial charge in [-0.05, 0) is 38.1 Å². The van der Waals surface area contributed by atoms with Crippen molar-refractivity contribution in [3.8, 4) is 0 Å². The number of amides is 1. The highest BCUT2D eigenvalue weighted by Crippen LogP contribution is 2.27. The molecular weight excluding hydrogens is 204 g/mol. The standard InChI is InChI=1S/C12H24N2O2/c1-14(9-10-7-11(15)8-10)12(16)5-3-2-4-6-13/h10-11,15H,2-9,13H2,1H3. The third-order valence-corrected chi connectivity index (χ3v) is 3.26. The van der Waals surface area contributed by atoms with Gasteiger partial charge in [0, 0.05) is 20.0 Å². The first kappa shape index (κ1) is 13.5. The van der Waals surface area contributed by atoms with Gasteiger partial charge in [-0.1, -0.05) is 6.42 Å². The largest absolute Gasteiger partial charge is 0.393 e. The number of aliphatic hydroxyl groups excluding tert-OH is 1. The lowest BCUT2D eigenvalue weighted by atomic mass is 9.82. The van der Waals surface area contributed by atoms with Gasteiger partial charge in [0.1, 0.15) is 0 Å². The predicted octanol–water partition coefficient (Wildman–Crippen LogP) is 0.735. The molecule has 0 aromatic heterocycles. The smallest absolute Gasteiger partial charge is 0.222 e. The number of hydrogen-bond donors (Lipinski definition) is 2. The summed E-state index contributed by atoms with van der Waals surface area (Å²) in [6, 6.07) is 0. The van der Waals surface area contributed by atoms with E-state index in [4.69, 9.17) is 10.8 Å². The zero-order valence-corrected chi connectivity index (χ0v) is 10.2. The molecule has 3 N–H and O–H groups in total. The average Bonchev–Trinajstić information content (AvgIpc) is 2.21. The molecule has 1 saturated carbocycles. The molecule has 0 saturated heterocycles. The molecule has 0 aromatic rings. The minimum absolute atomic E-state index is 0.127. The van der Waals surface area contributed by atoms with E-state index in [0.29, 0.717) is 18.9 Å². The Morgan fingerprint density at radius 2 is 2.06 bits per heavy atom. The highest BCUT2D eigenvalue weighted by molar-refractivity contribution is 5.75. The first-order valence-corrected chi connectivity index (χ1v) is 6.25. The second-order valence-corrected chi connectivity index (χ2v) is 4.86. The fourth-order valence-electron chi connectivity index (χ4n) is 2.13. The lowest BCUT2D eigenvalue weighted by molar-refractivity contribution is -0.131. The van der Waals surface area contributed by atoms with Crippen molar-refractivity contribution in [3.05, 3.63) is 0 Å². The van der Waals surface area contributed by atoms with Crippen molar-refractivity contribution in [2.45, 2.75) is 44.6 Å². The van der Waals surface area contributed by atoms with Crippen LogP contribution in [0.25, 0.3) is 0 Å². The summed E-state index contributed by atoms with van der Waals surface area (Å²) in [4.78, 5) is 13.5. The van der Waals surface area contributed by atoms with E-state index in [1.807, 2.05) is 7.05 Å². The van der Waals surface area contributed by atoms with Crippen molar-refractivity contribution < 1.29 is 9.90 Å². The number of nitrogens with zero attached hydrogens (tertiary/aromatic N) is 1. The molecule has 1 rings (SSSR count). The molecule has 0 unspecified atom stereocenters. The molecule has 1 amide bonds. The van der Waals surface area contributed by atoms with Gasteiger partial charge in [0.05, 0.1) is 6.10 Å². The number of carbonyl (C=O) groups is 1. The van der Waals surface area contributed by atoms with E-state index in [2.05, 4.69) is 0 Å². The number of carbonyl (C=O) groups excluding carboxylic acids is 1. The van der Waals surface area contributed by atoms with Crippen molar-refractivity contribution in [2.75, 3.05) is 20.1 Å². The Bertz CT molecular complexity index is 215. The van der Waals surface area contributed by atoms with Crippen molar-refractivity contribution in [2.24, 2.45) is 11.7 Å². The van der Waals surface area contributed by atoms with E-state index >= 15 is 0 Å². The molecule has 16 heavy (non-hydrogen) atoms. The molecule has 0 aliphatic heterocycles. The summed E-state index contributed by atoms with van der Waals surface area (Å²) < 4.78 is 0. The highest BCUT2D eigenvalue weighted by atomic mass is 16.3. The molecule has 0 spiro atoms. The van der Waals surface area contributed by atoms with Crippen LogP contribution in [0.3, 0.4) is 0 Å². The van der Waals surface area contributed by atoms with Gasteiger partial charge < -0.3 is 15.7 Å². The molecule has 1 fully saturated rings. The van der Waals surface area contributed by atoms with Crippen LogP contribution in [0.1, 0.15) is 38.5 Å². The molecule has 0 radical (unpaired) electrons. The van der Waals surface area contributed by atoms with Gasteiger partial charge in [-0.15, -0.1) is 0 Å². The molecule has 1 aliphatic carbocycles. The van der Waals surface area contributed by atoms with Crippen molar-refractivity contribution in [1.82, 2.24) is 4.90 Å². The normalized spacial score (nSPS) is 23.9. The van der Waals surface area contributed by atoms with Crippen LogP contribution in [-0.2, 0) is 4.79 Å². The summed E-state index contributed by atoms with van der Waals surface area (Å²) in [6.45, 7) is 1.51. The number of hydrogen-bond acceptors (Lipinski definition) is 3. The summed E-state index contributed by atoms with van der Waals surface area (Å²) in [5.74, 6) is 0.728. The molecule has 0 heterocycles. The number of nitrogens with two attached hydrogens (primary N) is 1. The van der Waals surface area contributed by atoms with Crippen molar-refractivity contribution >= 4 is 5.91 Å². The van der Waals surface area contributed by atoms with E-state index in [1.54, 1.807) is 4.90 Å². The van der Waals surface area contributed by atoms with E-state index in [-0.39, 0.29) is 12.0 Å². The Hall–Kier alpha value is -0.610. The van der Waals surface area contributed by atoms with Gasteiger partial charge >= 0.3 is 0 Å². The summed E-state index contributed by atoms with van der Waals surface area (Å²) in [5, 5.41) is 9.16. The lowest BCUT2D eigenvalue weighted by Gasteiger charge is -2.34. The first-order valence-electron chi connectivity index (χ1n) is 6.25. The monoisotopic (exact) mass is 228 g/mol. The van der Waals surface area contributed by atoms with Crippen LogP contribution in [-0.4, -0.2) is 42.2 Å². The second kappa shape index (κ2) is 6.86. The zero-order valence-electron chi connectivity index (χ0n) is 10.2. The van der Waals surface area contributed by atoms with Crippen LogP contribution in [0.15, 0.2) is 0 Å². The number of unbranched alkanes of at least 4 members (excludes halogenated alkanes) is 2. The van der Waals surface area contributed by atoms with Crippen LogP contribution in [0.2, 0.25) is 0 Å². The third kappa shape index (κ3) is 4.49. The summed E-state index contributed by atoms with van der Waals surface area (Å²) in [6.07, 6.45) is 5.19. The fourth-order valence-corrected chi connectivity index (χ4v) is 2.13. The quantitative estimate of drug-likeness (QED) is 0.631. The lowest BCUT2D eigenvalue weighted by Crippen LogP contribution is -2.39. The van der Waals surface area contributed by atoms with Gasteiger partial charge in [0.25, 0.3) is 0 Å². The van der Waals surface area contributed by atoms with Crippen LogP contribution < -0.4 is 5.73 Å². The topological polar surface area (TPSA) is 66.6 Å². The highest BCUT2D eigenvalue weighted by Gasteiger charge is 2.28. The Balaban J connectivity index is 2.06. The number of aliphatic hydroxyl groups is 1. The molecule has 0 atom stereocenters. The Morgan fingerprint density at radius 1 is 1.38 bits per heavy atom. The van der Waals surface area contributed by atoms with Gasteiger partial charge in [-0.3, -0.25) is 4.79 Å². The van der Waals surface area contributed by atoms with Crippen LogP contribution in [0.4, 0.5) is 0 Å². The first-order chi connectivity index (χ1) is 7.63. The molecule has 0 bridgehead atoms. The Kier molecular flexibility index (Phi) is 5.77. The predicted molar refractivity (Wildman–Crippen MR) is 63.9 cm³/mol. The van der Waals surface area contributed by atoms with E-state index in [0.717, 1.165) is 38.6 Å². The van der Waals surface area contributed by atoms with Gasteiger partial charge in [-0.2, -0.15) is 0 Å². The maximum atomic E-state index is 11.7. The number of rotatable bonds is 7. The Labute approximate surface area is 97.8 Å². The second-order valence-electron chi connectivity index (χ2n) is 4.86. The van der Waals surface area contributed by atoms with E-state index in [1.165, 1.54) is 0 Å². The van der Waals surface area contributed by atoms with Gasteiger partial charge in [-0.25, -0.2) is 0 Å². The van der Waals surface area contributed by atoms with E-state index in [9.17, 15) is 4.79 Å². The molecule has 0 aromatic carbocycles. The van der Waals surface area contributed by atoms with Crippen LogP contribution >= 0.6 is 0 Å². The Morgan fingerprint density at radius 3 is 2.62 bits per heavy atom. The minimum Gasteiger partial charge on any atom is -0.393 e. The van der Waals surface area contributed by atoms with Crippen molar-refractivity contribution in [3.63, 3.8) is 0 Å². The van der Waals surface area contributed by atoms with E-state index < -0.39 is 0 Å². The van der Waals surface area contributed by atoms with Crippen LogP contribution in [0.5, 0.6) is 0 Å². The molecule has 94 valence electrons. The maximum absolute atomic E-state index is 11.7.